The lowest BCUT2D eigenvalue weighted by Crippen LogP contribution is -2.67. The van der Waals surface area contributed by atoms with Gasteiger partial charge in [-0.05, 0) is 24.6 Å². The third-order valence-electron chi connectivity index (χ3n) is 5.91. The molecule has 2 aliphatic rings. The molecule has 2 heterocycles. The highest BCUT2D eigenvalue weighted by molar-refractivity contribution is 6.02. The number of urea groups is 1. The van der Waals surface area contributed by atoms with Gasteiger partial charge in [0.2, 0.25) is 0 Å². The summed E-state index contributed by atoms with van der Waals surface area (Å²) < 4.78 is 0. The van der Waals surface area contributed by atoms with Crippen molar-refractivity contribution in [1.82, 2.24) is 15.5 Å². The van der Waals surface area contributed by atoms with E-state index in [1.54, 1.807) is 0 Å². The number of benzene rings is 2. The first-order valence-electron chi connectivity index (χ1n) is 9.72. The van der Waals surface area contributed by atoms with Crippen LogP contribution in [0.2, 0.25) is 0 Å². The van der Waals surface area contributed by atoms with E-state index >= 15 is 0 Å². The first-order valence-corrected chi connectivity index (χ1v) is 9.72. The van der Waals surface area contributed by atoms with Crippen LogP contribution in [-0.4, -0.2) is 42.6 Å². The van der Waals surface area contributed by atoms with E-state index in [4.69, 9.17) is 0 Å². The van der Waals surface area contributed by atoms with Crippen LogP contribution < -0.4 is 15.5 Å². The summed E-state index contributed by atoms with van der Waals surface area (Å²) in [6.07, 6.45) is 1.39. The van der Waals surface area contributed by atoms with Crippen molar-refractivity contribution in [3.05, 3.63) is 65.2 Å². The van der Waals surface area contributed by atoms with Gasteiger partial charge in [0.1, 0.15) is 5.66 Å². The number of piperidine rings is 1. The van der Waals surface area contributed by atoms with Crippen molar-refractivity contribution in [2.45, 2.75) is 32.0 Å². The summed E-state index contributed by atoms with van der Waals surface area (Å²) in [5.74, 6) is -0.0289. The maximum atomic E-state index is 12.7. The predicted octanol–water partition coefficient (Wildman–Crippen LogP) is 2.88. The van der Waals surface area contributed by atoms with Crippen molar-refractivity contribution in [1.29, 1.82) is 0 Å². The van der Waals surface area contributed by atoms with E-state index in [1.807, 2.05) is 67.4 Å². The average molecular weight is 378 g/mol. The Balaban J connectivity index is 1.41. The quantitative estimate of drug-likeness (QED) is 0.845. The molecule has 4 rings (SSSR count). The Morgan fingerprint density at radius 2 is 1.86 bits per heavy atom. The van der Waals surface area contributed by atoms with Crippen LogP contribution in [0.25, 0.3) is 0 Å². The minimum absolute atomic E-state index is 0.0289. The summed E-state index contributed by atoms with van der Waals surface area (Å²) in [6, 6.07) is 15.8. The Hall–Kier alpha value is -3.02. The monoisotopic (exact) mass is 378 g/mol. The number of aryl methyl sites for hydroxylation is 1. The number of fused-ring (bicyclic) bond motifs is 1. The molecule has 146 valence electrons. The maximum absolute atomic E-state index is 12.7. The van der Waals surface area contributed by atoms with Crippen LogP contribution in [0.5, 0.6) is 0 Å². The fourth-order valence-corrected chi connectivity index (χ4v) is 4.14. The molecule has 3 amide bonds. The molecule has 0 bridgehead atoms. The van der Waals surface area contributed by atoms with Crippen molar-refractivity contribution >= 4 is 17.6 Å². The van der Waals surface area contributed by atoms with Crippen LogP contribution in [0.3, 0.4) is 0 Å². The summed E-state index contributed by atoms with van der Waals surface area (Å²) in [6.45, 7) is 3.72. The van der Waals surface area contributed by atoms with Crippen molar-refractivity contribution in [2.24, 2.45) is 0 Å². The molecule has 2 aromatic rings. The van der Waals surface area contributed by atoms with Crippen LogP contribution in [0.1, 0.15) is 34.3 Å². The van der Waals surface area contributed by atoms with Gasteiger partial charge in [-0.15, -0.1) is 0 Å². The van der Waals surface area contributed by atoms with E-state index in [0.717, 1.165) is 22.4 Å². The highest BCUT2D eigenvalue weighted by Crippen LogP contribution is 2.36. The van der Waals surface area contributed by atoms with Crippen molar-refractivity contribution in [3.63, 3.8) is 0 Å². The number of hydrogen-bond donors (Lipinski definition) is 2. The molecule has 1 fully saturated rings. The highest BCUT2D eigenvalue weighted by atomic mass is 16.2. The van der Waals surface area contributed by atoms with Gasteiger partial charge in [0.15, 0.2) is 0 Å². The fourth-order valence-electron chi connectivity index (χ4n) is 4.14. The Morgan fingerprint density at radius 3 is 2.57 bits per heavy atom. The molecule has 1 spiro atoms. The minimum atomic E-state index is -0.435. The zero-order valence-corrected chi connectivity index (χ0v) is 16.4. The normalized spacial score (nSPS) is 17.9. The third kappa shape index (κ3) is 3.30. The first-order chi connectivity index (χ1) is 13.5. The molecular formula is C22H26N4O2. The average Bonchev–Trinajstić information content (AvgIpc) is 2.72. The molecule has 1 saturated heterocycles. The van der Waals surface area contributed by atoms with Gasteiger partial charge in [0.25, 0.3) is 5.91 Å². The molecule has 0 radical (unpaired) electrons. The largest absolute Gasteiger partial charge is 0.351 e. The molecular weight excluding hydrogens is 352 g/mol. The number of carbonyl (C=O) groups is 2. The van der Waals surface area contributed by atoms with E-state index in [0.29, 0.717) is 32.5 Å². The topological polar surface area (TPSA) is 64.7 Å². The molecule has 2 N–H and O–H groups in total. The van der Waals surface area contributed by atoms with E-state index < -0.39 is 5.66 Å². The van der Waals surface area contributed by atoms with Gasteiger partial charge in [-0.25, -0.2) is 4.79 Å². The second kappa shape index (κ2) is 7.19. The van der Waals surface area contributed by atoms with Gasteiger partial charge in [-0.1, -0.05) is 42.0 Å². The molecule has 0 unspecified atom stereocenters. The van der Waals surface area contributed by atoms with Crippen molar-refractivity contribution in [3.8, 4) is 0 Å². The Morgan fingerprint density at radius 1 is 1.14 bits per heavy atom. The minimum Gasteiger partial charge on any atom is -0.351 e. The van der Waals surface area contributed by atoms with E-state index in [9.17, 15) is 9.59 Å². The molecule has 6 heteroatoms. The van der Waals surface area contributed by atoms with E-state index in [2.05, 4.69) is 15.5 Å². The van der Waals surface area contributed by atoms with Crippen molar-refractivity contribution < 1.29 is 9.59 Å². The smallest absolute Gasteiger partial charge is 0.317 e. The van der Waals surface area contributed by atoms with Gasteiger partial charge in [0.05, 0.1) is 11.3 Å². The first kappa shape index (κ1) is 18.3. The number of rotatable bonds is 2. The SMILES string of the molecule is Cc1ccc2c(c1)C(=O)NC1(CCN(C(=O)NCc3ccccc3)CC1)N2C. The molecule has 6 nitrogen and oxygen atoms in total. The van der Waals surface area contributed by atoms with E-state index in [-0.39, 0.29) is 11.9 Å². The third-order valence-corrected chi connectivity index (χ3v) is 5.91. The van der Waals surface area contributed by atoms with Crippen LogP contribution in [0.4, 0.5) is 10.5 Å². The number of likely N-dealkylation sites (tertiary alicyclic amines) is 1. The van der Waals surface area contributed by atoms with Crippen LogP contribution in [-0.2, 0) is 6.54 Å². The van der Waals surface area contributed by atoms with Crippen LogP contribution in [0.15, 0.2) is 48.5 Å². The summed E-state index contributed by atoms with van der Waals surface area (Å²) in [5.41, 5.74) is 3.39. The summed E-state index contributed by atoms with van der Waals surface area (Å²) in [5, 5.41) is 6.20. The second-order valence-electron chi connectivity index (χ2n) is 7.70. The summed E-state index contributed by atoms with van der Waals surface area (Å²) >= 11 is 0. The molecule has 0 aromatic heterocycles. The van der Waals surface area contributed by atoms with Gasteiger partial charge < -0.3 is 20.4 Å². The summed E-state index contributed by atoms with van der Waals surface area (Å²) in [4.78, 5) is 29.2. The molecule has 0 saturated carbocycles. The highest BCUT2D eigenvalue weighted by Gasteiger charge is 2.44. The van der Waals surface area contributed by atoms with Gasteiger partial charge in [-0.2, -0.15) is 0 Å². The number of nitrogens with zero attached hydrogens (tertiary/aromatic N) is 2. The number of anilines is 1. The fraction of sp³-hybridized carbons (Fsp3) is 0.364. The van der Waals surface area contributed by atoms with E-state index in [1.165, 1.54) is 0 Å². The lowest BCUT2D eigenvalue weighted by atomic mass is 9.90. The maximum Gasteiger partial charge on any atom is 0.317 e. The predicted molar refractivity (Wildman–Crippen MR) is 109 cm³/mol. The lowest BCUT2D eigenvalue weighted by molar-refractivity contribution is 0.0809. The molecule has 2 aromatic carbocycles. The van der Waals surface area contributed by atoms with Crippen LogP contribution in [0, 0.1) is 6.92 Å². The lowest BCUT2D eigenvalue weighted by Gasteiger charge is -2.51. The number of hydrogen-bond acceptors (Lipinski definition) is 3. The molecule has 0 aliphatic carbocycles. The zero-order chi connectivity index (χ0) is 19.7. The molecule has 28 heavy (non-hydrogen) atoms. The standard InChI is InChI=1S/C22H26N4O2/c1-16-8-9-19-18(14-16)20(27)24-22(25(19)2)10-12-26(13-11-22)21(28)23-15-17-6-4-3-5-7-17/h3-9,14H,10-13,15H2,1-2H3,(H,23,28)(H,24,27). The Bertz CT molecular complexity index is 889. The Labute approximate surface area is 165 Å². The van der Waals surface area contributed by atoms with Gasteiger partial charge in [0, 0.05) is 39.5 Å². The van der Waals surface area contributed by atoms with Crippen molar-refractivity contribution in [2.75, 3.05) is 25.0 Å². The van der Waals surface area contributed by atoms with Gasteiger partial charge >= 0.3 is 6.03 Å². The zero-order valence-electron chi connectivity index (χ0n) is 16.4. The second-order valence-corrected chi connectivity index (χ2v) is 7.70. The Kier molecular flexibility index (Phi) is 4.71. The van der Waals surface area contributed by atoms with Gasteiger partial charge in [-0.3, -0.25) is 4.79 Å². The number of carbonyl (C=O) groups excluding carboxylic acids is 2. The molecule has 0 atom stereocenters. The summed E-state index contributed by atoms with van der Waals surface area (Å²) in [7, 11) is 2.03. The van der Waals surface area contributed by atoms with Crippen LogP contribution >= 0.6 is 0 Å². The molecule has 2 aliphatic heterocycles. The number of amides is 3. The number of nitrogens with one attached hydrogen (secondary N) is 2.